The van der Waals surface area contributed by atoms with E-state index in [0.717, 1.165) is 18.0 Å². The van der Waals surface area contributed by atoms with Gasteiger partial charge in [0, 0.05) is 15.9 Å². The van der Waals surface area contributed by atoms with Crippen molar-refractivity contribution in [2.24, 2.45) is 0 Å². The lowest BCUT2D eigenvalue weighted by Gasteiger charge is -2.11. The fraction of sp³-hybridized carbons (Fsp3) is 0.286. The third kappa shape index (κ3) is 3.84. The van der Waals surface area contributed by atoms with Gasteiger partial charge in [-0.25, -0.2) is 0 Å². The second kappa shape index (κ2) is 6.20. The normalized spacial score (nSPS) is 12.6. The Morgan fingerprint density at radius 1 is 1.24 bits per heavy atom. The van der Waals surface area contributed by atoms with Crippen molar-refractivity contribution in [2.45, 2.75) is 19.4 Å². The SMILES string of the molecule is CC(NCCc1ccc(Cl)cc1)c1cccs1. The summed E-state index contributed by atoms with van der Waals surface area (Å²) in [7, 11) is 0. The van der Waals surface area contributed by atoms with E-state index in [-0.39, 0.29) is 0 Å². The lowest BCUT2D eigenvalue weighted by atomic mass is 10.1. The van der Waals surface area contributed by atoms with Gasteiger partial charge in [0.25, 0.3) is 0 Å². The lowest BCUT2D eigenvalue weighted by molar-refractivity contribution is 0.585. The highest BCUT2D eigenvalue weighted by Gasteiger charge is 2.04. The molecule has 2 rings (SSSR count). The Kier molecular flexibility index (Phi) is 4.60. The van der Waals surface area contributed by atoms with Gasteiger partial charge in [-0.2, -0.15) is 0 Å². The minimum atomic E-state index is 0.433. The Balaban J connectivity index is 1.78. The second-order valence-corrected chi connectivity index (χ2v) is 5.48. The van der Waals surface area contributed by atoms with Gasteiger partial charge >= 0.3 is 0 Å². The zero-order valence-corrected chi connectivity index (χ0v) is 11.4. The summed E-state index contributed by atoms with van der Waals surface area (Å²) in [4.78, 5) is 1.39. The number of halogens is 1. The smallest absolute Gasteiger partial charge is 0.0406 e. The molecular formula is C14H16ClNS. The largest absolute Gasteiger partial charge is 0.309 e. The molecule has 0 radical (unpaired) electrons. The minimum absolute atomic E-state index is 0.433. The fourth-order valence-corrected chi connectivity index (χ4v) is 2.61. The fourth-order valence-electron chi connectivity index (χ4n) is 1.72. The van der Waals surface area contributed by atoms with E-state index in [4.69, 9.17) is 11.6 Å². The maximum atomic E-state index is 5.85. The van der Waals surface area contributed by atoms with Crippen molar-refractivity contribution in [3.63, 3.8) is 0 Å². The van der Waals surface area contributed by atoms with Crippen LogP contribution in [0, 0.1) is 0 Å². The topological polar surface area (TPSA) is 12.0 Å². The summed E-state index contributed by atoms with van der Waals surface area (Å²) >= 11 is 7.65. The molecule has 2 aromatic rings. The summed E-state index contributed by atoms with van der Waals surface area (Å²) < 4.78 is 0. The van der Waals surface area contributed by atoms with Gasteiger partial charge in [0.2, 0.25) is 0 Å². The van der Waals surface area contributed by atoms with E-state index in [2.05, 4.69) is 41.9 Å². The molecule has 90 valence electrons. The maximum Gasteiger partial charge on any atom is 0.0406 e. The summed E-state index contributed by atoms with van der Waals surface area (Å²) in [6.07, 6.45) is 1.03. The first kappa shape index (κ1) is 12.6. The van der Waals surface area contributed by atoms with Crippen LogP contribution in [0.3, 0.4) is 0 Å². The van der Waals surface area contributed by atoms with Crippen LogP contribution < -0.4 is 5.32 Å². The molecule has 0 aliphatic heterocycles. The number of benzene rings is 1. The summed E-state index contributed by atoms with van der Waals surface area (Å²) in [6.45, 7) is 3.19. The van der Waals surface area contributed by atoms with Gasteiger partial charge in [0.05, 0.1) is 0 Å². The molecule has 0 aliphatic rings. The molecule has 1 atom stereocenters. The van der Waals surface area contributed by atoms with E-state index >= 15 is 0 Å². The first-order valence-corrected chi connectivity index (χ1v) is 7.02. The molecule has 0 amide bonds. The molecule has 0 aliphatic carbocycles. The van der Waals surface area contributed by atoms with Gasteiger partial charge in [-0.1, -0.05) is 29.8 Å². The average Bonchev–Trinajstić information content (AvgIpc) is 2.85. The second-order valence-electron chi connectivity index (χ2n) is 4.07. The standard InChI is InChI=1S/C14H16ClNS/c1-11(14-3-2-10-17-14)16-9-8-12-4-6-13(15)7-5-12/h2-7,10-11,16H,8-9H2,1H3. The Morgan fingerprint density at radius 2 is 2.00 bits per heavy atom. The molecule has 0 saturated carbocycles. The van der Waals surface area contributed by atoms with Crippen molar-refractivity contribution >= 4 is 22.9 Å². The van der Waals surface area contributed by atoms with Gasteiger partial charge < -0.3 is 5.32 Å². The summed E-state index contributed by atoms with van der Waals surface area (Å²) in [5.74, 6) is 0. The predicted molar refractivity (Wildman–Crippen MR) is 75.9 cm³/mol. The van der Waals surface area contributed by atoms with Crippen LogP contribution in [0.4, 0.5) is 0 Å². The van der Waals surface area contributed by atoms with E-state index in [1.807, 2.05) is 12.1 Å². The number of rotatable bonds is 5. The quantitative estimate of drug-likeness (QED) is 0.850. The van der Waals surface area contributed by atoms with E-state index in [1.165, 1.54) is 10.4 Å². The summed E-state index contributed by atoms with van der Waals surface area (Å²) in [6, 6.07) is 12.8. The molecule has 1 unspecified atom stereocenters. The highest BCUT2D eigenvalue weighted by Crippen LogP contribution is 2.18. The monoisotopic (exact) mass is 265 g/mol. The van der Waals surface area contributed by atoms with Crippen molar-refractivity contribution in [2.75, 3.05) is 6.54 Å². The van der Waals surface area contributed by atoms with Crippen molar-refractivity contribution in [1.29, 1.82) is 0 Å². The molecule has 0 fully saturated rings. The Labute approximate surface area is 111 Å². The predicted octanol–water partition coefficient (Wildman–Crippen LogP) is 4.29. The molecule has 1 heterocycles. The summed E-state index contributed by atoms with van der Waals surface area (Å²) in [5.41, 5.74) is 1.32. The molecule has 0 saturated heterocycles. The highest BCUT2D eigenvalue weighted by atomic mass is 35.5. The van der Waals surface area contributed by atoms with Crippen molar-refractivity contribution < 1.29 is 0 Å². The Bertz CT molecular complexity index is 436. The van der Waals surface area contributed by atoms with E-state index in [0.29, 0.717) is 6.04 Å². The zero-order chi connectivity index (χ0) is 12.1. The molecular weight excluding hydrogens is 250 g/mol. The van der Waals surface area contributed by atoms with Crippen LogP contribution in [0.5, 0.6) is 0 Å². The molecule has 1 aromatic carbocycles. The van der Waals surface area contributed by atoms with E-state index in [1.54, 1.807) is 11.3 Å². The van der Waals surface area contributed by atoms with E-state index < -0.39 is 0 Å². The number of thiophene rings is 1. The van der Waals surface area contributed by atoms with Gasteiger partial charge in [-0.05, 0) is 49.0 Å². The number of nitrogens with one attached hydrogen (secondary N) is 1. The summed E-state index contributed by atoms with van der Waals surface area (Å²) in [5, 5.41) is 6.44. The van der Waals surface area contributed by atoms with Crippen LogP contribution in [-0.4, -0.2) is 6.54 Å². The Morgan fingerprint density at radius 3 is 2.65 bits per heavy atom. The van der Waals surface area contributed by atoms with Crippen molar-refractivity contribution in [3.8, 4) is 0 Å². The van der Waals surface area contributed by atoms with Gasteiger partial charge in [0.15, 0.2) is 0 Å². The minimum Gasteiger partial charge on any atom is -0.309 e. The molecule has 0 bridgehead atoms. The molecule has 1 aromatic heterocycles. The maximum absolute atomic E-state index is 5.85. The van der Waals surface area contributed by atoms with Crippen LogP contribution >= 0.6 is 22.9 Å². The van der Waals surface area contributed by atoms with E-state index in [9.17, 15) is 0 Å². The highest BCUT2D eigenvalue weighted by molar-refractivity contribution is 7.10. The zero-order valence-electron chi connectivity index (χ0n) is 9.82. The van der Waals surface area contributed by atoms with Gasteiger partial charge in [0.1, 0.15) is 0 Å². The van der Waals surface area contributed by atoms with Crippen LogP contribution in [0.1, 0.15) is 23.4 Å². The Hall–Kier alpha value is -0.830. The lowest BCUT2D eigenvalue weighted by Crippen LogP contribution is -2.20. The number of hydrogen-bond acceptors (Lipinski definition) is 2. The van der Waals surface area contributed by atoms with Crippen LogP contribution in [0.25, 0.3) is 0 Å². The van der Waals surface area contributed by atoms with Crippen LogP contribution in [-0.2, 0) is 6.42 Å². The van der Waals surface area contributed by atoms with Gasteiger partial charge in [-0.15, -0.1) is 11.3 Å². The molecule has 0 spiro atoms. The van der Waals surface area contributed by atoms with Crippen molar-refractivity contribution in [1.82, 2.24) is 5.32 Å². The average molecular weight is 266 g/mol. The first-order valence-electron chi connectivity index (χ1n) is 5.77. The molecule has 17 heavy (non-hydrogen) atoms. The van der Waals surface area contributed by atoms with Crippen molar-refractivity contribution in [3.05, 3.63) is 57.2 Å². The number of hydrogen-bond donors (Lipinski definition) is 1. The molecule has 3 heteroatoms. The first-order chi connectivity index (χ1) is 8.25. The third-order valence-corrected chi connectivity index (χ3v) is 4.05. The third-order valence-electron chi connectivity index (χ3n) is 2.75. The van der Waals surface area contributed by atoms with Crippen LogP contribution in [0.15, 0.2) is 41.8 Å². The molecule has 1 nitrogen and oxygen atoms in total. The molecule has 1 N–H and O–H groups in total. The van der Waals surface area contributed by atoms with Crippen LogP contribution in [0.2, 0.25) is 5.02 Å². The van der Waals surface area contributed by atoms with Gasteiger partial charge in [-0.3, -0.25) is 0 Å².